The summed E-state index contributed by atoms with van der Waals surface area (Å²) in [6.45, 7) is 2.08. The summed E-state index contributed by atoms with van der Waals surface area (Å²) in [7, 11) is 0. The largest absolute Gasteiger partial charge is 0.382 e. The smallest absolute Gasteiger partial charge is 0.142 e. The summed E-state index contributed by atoms with van der Waals surface area (Å²) in [4.78, 5) is 15.7. The van der Waals surface area contributed by atoms with Crippen LogP contribution >= 0.6 is 11.3 Å². The molecule has 2 N–H and O–H groups in total. The van der Waals surface area contributed by atoms with Gasteiger partial charge in [-0.2, -0.15) is 0 Å². The van der Waals surface area contributed by atoms with E-state index in [0.717, 1.165) is 32.7 Å². The Bertz CT molecular complexity index is 1010. The summed E-state index contributed by atoms with van der Waals surface area (Å²) < 4.78 is 0. The molecule has 0 aliphatic rings. The van der Waals surface area contributed by atoms with Gasteiger partial charge in [0, 0.05) is 22.0 Å². The Morgan fingerprint density at radius 2 is 1.91 bits per heavy atom. The van der Waals surface area contributed by atoms with E-state index in [2.05, 4.69) is 40.1 Å². The van der Waals surface area contributed by atoms with Crippen LogP contribution in [0, 0.1) is 6.92 Å². The Kier molecular flexibility index (Phi) is 3.28. The van der Waals surface area contributed by atoms with E-state index in [1.54, 1.807) is 23.7 Å². The molecule has 4 rings (SSSR count). The van der Waals surface area contributed by atoms with E-state index < -0.39 is 0 Å². The van der Waals surface area contributed by atoms with Gasteiger partial charge in [0.15, 0.2) is 0 Å². The van der Waals surface area contributed by atoms with Crippen LogP contribution in [-0.2, 0) is 0 Å². The second kappa shape index (κ2) is 5.44. The molecule has 0 aliphatic heterocycles. The van der Waals surface area contributed by atoms with Gasteiger partial charge >= 0.3 is 0 Å². The number of anilines is 1. The summed E-state index contributed by atoms with van der Waals surface area (Å²) in [6.07, 6.45) is 3.40. The van der Waals surface area contributed by atoms with Gasteiger partial charge in [-0.25, -0.2) is 4.98 Å². The number of benzene rings is 1. The van der Waals surface area contributed by atoms with Gasteiger partial charge in [-0.3, -0.25) is 9.97 Å². The number of rotatable bonds is 2. The van der Waals surface area contributed by atoms with E-state index in [4.69, 9.17) is 5.73 Å². The van der Waals surface area contributed by atoms with Crippen molar-refractivity contribution in [2.24, 2.45) is 0 Å². The monoisotopic (exact) mass is 318 g/mol. The molecule has 3 aromatic heterocycles. The van der Waals surface area contributed by atoms with Gasteiger partial charge < -0.3 is 5.73 Å². The molecule has 0 unspecified atom stereocenters. The molecule has 3 heterocycles. The van der Waals surface area contributed by atoms with Crippen LogP contribution in [-0.4, -0.2) is 15.0 Å². The highest BCUT2D eigenvalue weighted by Gasteiger charge is 2.13. The van der Waals surface area contributed by atoms with Gasteiger partial charge in [-0.1, -0.05) is 12.1 Å². The average Bonchev–Trinajstić information content (AvgIpc) is 3.01. The number of hydrogen-bond acceptors (Lipinski definition) is 5. The average molecular weight is 318 g/mol. The SMILES string of the molecule is Cc1ccc(-c2nc(N)cnc2-c2ccc3ncccc3c2)s1. The van der Waals surface area contributed by atoms with Crippen LogP contribution in [0.3, 0.4) is 0 Å². The van der Waals surface area contributed by atoms with Crippen LogP contribution in [0.15, 0.2) is 54.9 Å². The molecule has 0 atom stereocenters. The van der Waals surface area contributed by atoms with E-state index >= 15 is 0 Å². The third kappa shape index (κ3) is 2.55. The second-order valence-corrected chi connectivity index (χ2v) is 6.60. The van der Waals surface area contributed by atoms with Gasteiger partial charge in [-0.15, -0.1) is 11.3 Å². The standard InChI is InChI=1S/C18H14N4S/c1-11-4-7-15(23-11)18-17(21-10-16(19)22-18)13-5-6-14-12(9-13)3-2-8-20-14/h2-10H,1H3,(H2,19,22). The van der Waals surface area contributed by atoms with Crippen LogP contribution < -0.4 is 5.73 Å². The van der Waals surface area contributed by atoms with Gasteiger partial charge in [0.05, 0.1) is 22.3 Å². The lowest BCUT2D eigenvalue weighted by Crippen LogP contribution is -1.97. The van der Waals surface area contributed by atoms with Crippen LogP contribution in [0.5, 0.6) is 0 Å². The lowest BCUT2D eigenvalue weighted by molar-refractivity contribution is 1.23. The minimum Gasteiger partial charge on any atom is -0.382 e. The van der Waals surface area contributed by atoms with Crippen molar-refractivity contribution < 1.29 is 0 Å². The zero-order valence-corrected chi connectivity index (χ0v) is 13.3. The summed E-state index contributed by atoms with van der Waals surface area (Å²) in [6, 6.07) is 14.3. The molecule has 0 spiro atoms. The Labute approximate surface area is 137 Å². The molecule has 0 bridgehead atoms. The van der Waals surface area contributed by atoms with Crippen molar-refractivity contribution in [3.05, 3.63) is 59.7 Å². The van der Waals surface area contributed by atoms with Gasteiger partial charge in [0.1, 0.15) is 11.5 Å². The first-order chi connectivity index (χ1) is 11.2. The van der Waals surface area contributed by atoms with Crippen molar-refractivity contribution in [2.45, 2.75) is 6.92 Å². The molecule has 23 heavy (non-hydrogen) atoms. The maximum absolute atomic E-state index is 5.86. The number of nitrogens with two attached hydrogens (primary N) is 1. The molecule has 0 saturated heterocycles. The van der Waals surface area contributed by atoms with E-state index in [-0.39, 0.29) is 0 Å². The fourth-order valence-corrected chi connectivity index (χ4v) is 3.43. The fourth-order valence-electron chi connectivity index (χ4n) is 2.57. The fraction of sp³-hybridized carbons (Fsp3) is 0.0556. The first-order valence-electron chi connectivity index (χ1n) is 7.25. The third-order valence-electron chi connectivity index (χ3n) is 3.64. The zero-order chi connectivity index (χ0) is 15.8. The molecule has 0 aliphatic carbocycles. The normalized spacial score (nSPS) is 11.0. The molecule has 0 saturated carbocycles. The third-order valence-corrected chi connectivity index (χ3v) is 4.65. The van der Waals surface area contributed by atoms with Crippen molar-refractivity contribution >= 4 is 28.1 Å². The van der Waals surface area contributed by atoms with Crippen molar-refractivity contribution in [1.82, 2.24) is 15.0 Å². The minimum atomic E-state index is 0.428. The second-order valence-electron chi connectivity index (χ2n) is 5.31. The number of pyridine rings is 1. The molecule has 112 valence electrons. The molecular weight excluding hydrogens is 304 g/mol. The number of nitrogens with zero attached hydrogens (tertiary/aromatic N) is 3. The summed E-state index contributed by atoms with van der Waals surface area (Å²) in [5, 5.41) is 1.08. The van der Waals surface area contributed by atoms with E-state index in [0.29, 0.717) is 5.82 Å². The highest BCUT2D eigenvalue weighted by molar-refractivity contribution is 7.15. The number of aryl methyl sites for hydroxylation is 1. The Morgan fingerprint density at radius 3 is 2.74 bits per heavy atom. The lowest BCUT2D eigenvalue weighted by atomic mass is 10.1. The first-order valence-corrected chi connectivity index (χ1v) is 8.07. The van der Waals surface area contributed by atoms with Crippen LogP contribution in [0.4, 0.5) is 5.82 Å². The number of nitrogen functional groups attached to an aromatic ring is 1. The first kappa shape index (κ1) is 13.8. The maximum Gasteiger partial charge on any atom is 0.142 e. The van der Waals surface area contributed by atoms with Crippen molar-refractivity contribution in [3.8, 4) is 21.8 Å². The van der Waals surface area contributed by atoms with Gasteiger partial charge in [-0.05, 0) is 37.3 Å². The lowest BCUT2D eigenvalue weighted by Gasteiger charge is -2.08. The van der Waals surface area contributed by atoms with E-state index in [1.807, 2.05) is 24.3 Å². The van der Waals surface area contributed by atoms with Gasteiger partial charge in [0.2, 0.25) is 0 Å². The van der Waals surface area contributed by atoms with Crippen LogP contribution in [0.1, 0.15) is 4.88 Å². The number of fused-ring (bicyclic) bond motifs is 1. The summed E-state index contributed by atoms with van der Waals surface area (Å²) in [5.41, 5.74) is 9.51. The predicted molar refractivity (Wildman–Crippen MR) is 95.2 cm³/mol. The number of thiophene rings is 1. The number of aromatic nitrogens is 3. The Balaban J connectivity index is 1.93. The quantitative estimate of drug-likeness (QED) is 0.598. The summed E-state index contributed by atoms with van der Waals surface area (Å²) >= 11 is 1.69. The Morgan fingerprint density at radius 1 is 1.00 bits per heavy atom. The molecule has 0 radical (unpaired) electrons. The van der Waals surface area contributed by atoms with Gasteiger partial charge in [0.25, 0.3) is 0 Å². The van der Waals surface area contributed by atoms with Crippen molar-refractivity contribution in [3.63, 3.8) is 0 Å². The highest BCUT2D eigenvalue weighted by atomic mass is 32.1. The molecule has 0 amide bonds. The summed E-state index contributed by atoms with van der Waals surface area (Å²) in [5.74, 6) is 0.428. The molecule has 0 fully saturated rings. The van der Waals surface area contributed by atoms with E-state index in [9.17, 15) is 0 Å². The predicted octanol–water partition coefficient (Wildman–Crippen LogP) is 4.31. The maximum atomic E-state index is 5.86. The van der Waals surface area contributed by atoms with Crippen molar-refractivity contribution in [2.75, 3.05) is 5.73 Å². The molecule has 4 aromatic rings. The molecule has 5 heteroatoms. The topological polar surface area (TPSA) is 64.7 Å². The minimum absolute atomic E-state index is 0.428. The highest BCUT2D eigenvalue weighted by Crippen LogP contribution is 2.34. The van der Waals surface area contributed by atoms with Crippen molar-refractivity contribution in [1.29, 1.82) is 0 Å². The molecular formula is C18H14N4S. The zero-order valence-electron chi connectivity index (χ0n) is 12.5. The Hall–Kier alpha value is -2.79. The number of hydrogen-bond donors (Lipinski definition) is 1. The molecule has 4 nitrogen and oxygen atoms in total. The molecule has 1 aromatic carbocycles. The van der Waals surface area contributed by atoms with Crippen LogP contribution in [0.25, 0.3) is 32.7 Å². The van der Waals surface area contributed by atoms with Crippen LogP contribution in [0.2, 0.25) is 0 Å². The van der Waals surface area contributed by atoms with E-state index in [1.165, 1.54) is 4.88 Å².